The van der Waals surface area contributed by atoms with Gasteiger partial charge in [-0.3, -0.25) is 0 Å². The number of carbonyl (C=O) groups excluding carboxylic acids is 1. The van der Waals surface area contributed by atoms with Crippen LogP contribution < -0.4 is 9.47 Å². The number of piperazine rings is 1. The van der Waals surface area contributed by atoms with Crippen molar-refractivity contribution < 1.29 is 35.9 Å². The molecule has 2 aromatic rings. The number of rotatable bonds is 6. The Balaban J connectivity index is 1.48. The number of sulfonamides is 1. The lowest BCUT2D eigenvalue weighted by Crippen LogP contribution is -2.53. The van der Waals surface area contributed by atoms with Crippen LogP contribution in [0.2, 0.25) is 10.0 Å². The van der Waals surface area contributed by atoms with Crippen molar-refractivity contribution >= 4 is 39.3 Å². The molecule has 4 rings (SSSR count). The van der Waals surface area contributed by atoms with Gasteiger partial charge in [0.1, 0.15) is 11.5 Å². The summed E-state index contributed by atoms with van der Waals surface area (Å²) in [5, 5.41) is 0.752. The molecule has 14 heteroatoms. The number of ether oxygens (including phenoxy) is 2. The van der Waals surface area contributed by atoms with Crippen LogP contribution in [-0.4, -0.2) is 87.0 Å². The maximum absolute atomic E-state index is 13.3. The highest BCUT2D eigenvalue weighted by Gasteiger charge is 2.39. The third-order valence-electron chi connectivity index (χ3n) is 6.56. The second-order valence-corrected chi connectivity index (χ2v) is 12.0. The van der Waals surface area contributed by atoms with Crippen LogP contribution in [0.3, 0.4) is 0 Å². The molecule has 2 amide bonds. The predicted octanol–water partition coefficient (Wildman–Crippen LogP) is 4.68. The van der Waals surface area contributed by atoms with E-state index in [1.165, 1.54) is 22.5 Å². The third-order valence-corrected chi connectivity index (χ3v) is 8.61. The van der Waals surface area contributed by atoms with Crippen LogP contribution in [0.4, 0.5) is 18.0 Å². The van der Waals surface area contributed by atoms with Gasteiger partial charge in [-0.25, -0.2) is 13.2 Å². The van der Waals surface area contributed by atoms with Crippen LogP contribution in [0.1, 0.15) is 11.5 Å². The van der Waals surface area contributed by atoms with Gasteiger partial charge in [-0.2, -0.15) is 4.31 Å². The molecule has 1 unspecified atom stereocenters. The summed E-state index contributed by atoms with van der Waals surface area (Å²) in [5.74, 6) is -0.588. The first kappa shape index (κ1) is 28.6. The number of benzene rings is 2. The monoisotopic (exact) mass is 595 g/mol. The van der Waals surface area contributed by atoms with E-state index in [0.717, 1.165) is 17.9 Å². The molecule has 2 saturated heterocycles. The number of likely N-dealkylation sites (tertiary alicyclic amines) is 1. The highest BCUT2D eigenvalue weighted by molar-refractivity contribution is 7.88. The van der Waals surface area contributed by atoms with Crippen molar-refractivity contribution in [3.8, 4) is 11.5 Å². The lowest BCUT2D eigenvalue weighted by Gasteiger charge is -2.35. The first-order chi connectivity index (χ1) is 17.8. The Labute approximate surface area is 228 Å². The zero-order chi connectivity index (χ0) is 27.7. The van der Waals surface area contributed by atoms with E-state index in [1.807, 2.05) is 6.07 Å². The molecule has 38 heavy (non-hydrogen) atoms. The molecule has 0 aliphatic carbocycles. The van der Waals surface area contributed by atoms with Crippen molar-refractivity contribution in [2.24, 2.45) is 5.92 Å². The van der Waals surface area contributed by atoms with Gasteiger partial charge in [0.05, 0.1) is 22.9 Å². The predicted molar refractivity (Wildman–Crippen MR) is 136 cm³/mol. The van der Waals surface area contributed by atoms with Gasteiger partial charge in [0.15, 0.2) is 0 Å². The smallest absolute Gasteiger partial charge is 0.493 e. The van der Waals surface area contributed by atoms with Crippen LogP contribution in [-0.2, 0) is 10.0 Å². The topological polar surface area (TPSA) is 79.4 Å². The summed E-state index contributed by atoms with van der Waals surface area (Å²) in [4.78, 5) is 16.6. The number of hydrogen-bond donors (Lipinski definition) is 0. The zero-order valence-electron chi connectivity index (χ0n) is 20.3. The Kier molecular flexibility index (Phi) is 8.55. The summed E-state index contributed by atoms with van der Waals surface area (Å²) in [6.07, 6.45) is -3.68. The minimum Gasteiger partial charge on any atom is -0.493 e. The van der Waals surface area contributed by atoms with E-state index in [2.05, 4.69) is 4.74 Å². The van der Waals surface area contributed by atoms with Gasteiger partial charge in [-0.05, 0) is 29.8 Å². The normalized spacial score (nSPS) is 21.0. The van der Waals surface area contributed by atoms with Gasteiger partial charge in [0.2, 0.25) is 10.0 Å². The minimum atomic E-state index is -4.82. The number of hydrogen-bond acceptors (Lipinski definition) is 5. The Bertz CT molecular complexity index is 1270. The summed E-state index contributed by atoms with van der Waals surface area (Å²) in [5.41, 5.74) is 0.847. The van der Waals surface area contributed by atoms with Crippen LogP contribution in [0.5, 0.6) is 11.5 Å². The van der Waals surface area contributed by atoms with Crippen LogP contribution >= 0.6 is 23.2 Å². The van der Waals surface area contributed by atoms with Crippen LogP contribution in [0, 0.1) is 5.92 Å². The van der Waals surface area contributed by atoms with Crippen molar-refractivity contribution in [2.75, 3.05) is 52.1 Å². The maximum Gasteiger partial charge on any atom is 0.573 e. The molecule has 2 aliphatic heterocycles. The molecule has 208 valence electrons. The summed E-state index contributed by atoms with van der Waals surface area (Å²) in [6.45, 7) is 1.78. The number of halogens is 5. The SMILES string of the molecule is CS(=O)(=O)N1CCN(C(=O)N2CC(c3ccc(Cl)c(Cl)c3)[C@H](COc3cccc(OC(F)(F)F)c3)C2)CC1. The number of urea groups is 1. The second-order valence-electron chi connectivity index (χ2n) is 9.21. The Hall–Kier alpha value is -2.41. The summed E-state index contributed by atoms with van der Waals surface area (Å²) in [7, 11) is -3.33. The van der Waals surface area contributed by atoms with E-state index in [-0.39, 0.29) is 56.4 Å². The van der Waals surface area contributed by atoms with Crippen molar-refractivity contribution in [3.63, 3.8) is 0 Å². The average molecular weight is 596 g/mol. The summed E-state index contributed by atoms with van der Waals surface area (Å²) < 4.78 is 72.6. The molecule has 0 saturated carbocycles. The molecule has 0 N–H and O–H groups in total. The Morgan fingerprint density at radius 1 is 0.974 bits per heavy atom. The zero-order valence-corrected chi connectivity index (χ0v) is 22.7. The van der Waals surface area contributed by atoms with Gasteiger partial charge in [0, 0.05) is 57.2 Å². The van der Waals surface area contributed by atoms with Crippen molar-refractivity contribution in [1.82, 2.24) is 14.1 Å². The molecule has 0 radical (unpaired) electrons. The van der Waals surface area contributed by atoms with Gasteiger partial charge < -0.3 is 19.3 Å². The summed E-state index contributed by atoms with van der Waals surface area (Å²) >= 11 is 12.3. The fraction of sp³-hybridized carbons (Fsp3) is 0.458. The second kappa shape index (κ2) is 11.4. The number of amides is 2. The molecular weight excluding hydrogens is 570 g/mol. The van der Waals surface area contributed by atoms with Gasteiger partial charge >= 0.3 is 12.4 Å². The first-order valence-corrected chi connectivity index (χ1v) is 14.3. The molecule has 0 spiro atoms. The van der Waals surface area contributed by atoms with Crippen molar-refractivity contribution in [1.29, 1.82) is 0 Å². The molecule has 2 aromatic carbocycles. The van der Waals surface area contributed by atoms with Gasteiger partial charge in [-0.1, -0.05) is 35.3 Å². The van der Waals surface area contributed by atoms with E-state index < -0.39 is 22.1 Å². The number of alkyl halides is 3. The minimum absolute atomic E-state index is 0.117. The highest BCUT2D eigenvalue weighted by atomic mass is 35.5. The molecule has 2 atom stereocenters. The highest BCUT2D eigenvalue weighted by Crippen LogP contribution is 2.37. The Morgan fingerprint density at radius 3 is 2.29 bits per heavy atom. The van der Waals surface area contributed by atoms with Crippen LogP contribution in [0.15, 0.2) is 42.5 Å². The molecule has 2 fully saturated rings. The fourth-order valence-corrected chi connectivity index (χ4v) is 5.83. The lowest BCUT2D eigenvalue weighted by atomic mass is 9.89. The van der Waals surface area contributed by atoms with Gasteiger partial charge in [0.25, 0.3) is 0 Å². The molecule has 0 bridgehead atoms. The third kappa shape index (κ3) is 7.16. The standard InChI is InChI=1S/C24H26Cl2F3N3O5S/c1-38(34,35)32-9-7-30(8-10-32)23(33)31-13-17(20(14-31)16-5-6-21(25)22(26)11-16)15-36-18-3-2-4-19(12-18)37-24(27,28)29/h2-6,11-12,17,20H,7-10,13-15H2,1H3/t17-,20?/m0/s1. The van der Waals surface area contributed by atoms with E-state index in [0.29, 0.717) is 23.1 Å². The van der Waals surface area contributed by atoms with Crippen molar-refractivity contribution in [2.45, 2.75) is 12.3 Å². The fourth-order valence-electron chi connectivity index (χ4n) is 4.69. The molecule has 2 aliphatic rings. The van der Waals surface area contributed by atoms with Crippen molar-refractivity contribution in [3.05, 3.63) is 58.1 Å². The molecule has 2 heterocycles. The molecular formula is C24H26Cl2F3N3O5S. The number of carbonyl (C=O) groups is 1. The molecule has 0 aromatic heterocycles. The quantitative estimate of drug-likeness (QED) is 0.484. The van der Waals surface area contributed by atoms with E-state index in [4.69, 9.17) is 27.9 Å². The Morgan fingerprint density at radius 2 is 1.66 bits per heavy atom. The maximum atomic E-state index is 13.3. The number of nitrogens with zero attached hydrogens (tertiary/aromatic N) is 3. The molecule has 8 nitrogen and oxygen atoms in total. The largest absolute Gasteiger partial charge is 0.573 e. The van der Waals surface area contributed by atoms with Crippen LogP contribution in [0.25, 0.3) is 0 Å². The summed E-state index contributed by atoms with van der Waals surface area (Å²) in [6, 6.07) is 10.3. The first-order valence-electron chi connectivity index (χ1n) is 11.7. The van der Waals surface area contributed by atoms with E-state index >= 15 is 0 Å². The lowest BCUT2D eigenvalue weighted by molar-refractivity contribution is -0.274. The average Bonchev–Trinajstić information content (AvgIpc) is 3.27. The van der Waals surface area contributed by atoms with E-state index in [9.17, 15) is 26.4 Å². The van der Waals surface area contributed by atoms with Gasteiger partial charge in [-0.15, -0.1) is 13.2 Å². The van der Waals surface area contributed by atoms with E-state index in [1.54, 1.807) is 21.9 Å².